The molecule has 0 atom stereocenters. The Balaban J connectivity index is 0.00000218. The van der Waals surface area contributed by atoms with E-state index < -0.39 is 0 Å². The van der Waals surface area contributed by atoms with Crippen LogP contribution in [-0.4, -0.2) is 27.5 Å². The second kappa shape index (κ2) is 8.54. The molecule has 0 radical (unpaired) electrons. The first-order valence-electron chi connectivity index (χ1n) is 9.88. The standard InChI is InChI=1S/C24H21F2N3.ClH/c25-18-1-4-20(5-2-18)29-23-6-3-19(26)15-21(23)22-16-28(14-10-24(22)29)13-9-17-7-11-27-12-8-17;/h1-8,11-12,15H,9-10,13-14,16H2;1H. The number of hydrogen-bond acceptors (Lipinski definition) is 2. The monoisotopic (exact) mass is 425 g/mol. The number of halogens is 3. The summed E-state index contributed by atoms with van der Waals surface area (Å²) in [5.41, 5.74) is 5.52. The number of nitrogens with zero attached hydrogens (tertiary/aromatic N) is 3. The summed E-state index contributed by atoms with van der Waals surface area (Å²) in [6.07, 6.45) is 5.48. The highest BCUT2D eigenvalue weighted by molar-refractivity contribution is 5.87. The lowest BCUT2D eigenvalue weighted by Gasteiger charge is -2.28. The summed E-state index contributed by atoms with van der Waals surface area (Å²) < 4.78 is 29.7. The Morgan fingerprint density at radius 3 is 2.40 bits per heavy atom. The first-order valence-corrected chi connectivity index (χ1v) is 9.88. The first-order chi connectivity index (χ1) is 14.2. The second-order valence-electron chi connectivity index (χ2n) is 7.53. The van der Waals surface area contributed by atoms with E-state index in [0.29, 0.717) is 0 Å². The molecule has 1 aliphatic heterocycles. The van der Waals surface area contributed by atoms with E-state index >= 15 is 0 Å². The van der Waals surface area contributed by atoms with E-state index in [1.165, 1.54) is 35.0 Å². The number of fused-ring (bicyclic) bond motifs is 3. The van der Waals surface area contributed by atoms with Gasteiger partial charge in [0.2, 0.25) is 0 Å². The van der Waals surface area contributed by atoms with Crippen molar-refractivity contribution >= 4 is 23.3 Å². The van der Waals surface area contributed by atoms with Gasteiger partial charge in [-0.1, -0.05) is 0 Å². The summed E-state index contributed by atoms with van der Waals surface area (Å²) in [5.74, 6) is -0.488. The Kier molecular flexibility index (Phi) is 5.84. The normalized spacial score (nSPS) is 13.8. The molecule has 2 aromatic carbocycles. The minimum atomic E-state index is -0.257. The average Bonchev–Trinajstić information content (AvgIpc) is 3.06. The van der Waals surface area contributed by atoms with Crippen LogP contribution in [0.5, 0.6) is 0 Å². The maximum Gasteiger partial charge on any atom is 0.123 e. The van der Waals surface area contributed by atoms with Crippen LogP contribution in [0.15, 0.2) is 67.0 Å². The lowest BCUT2D eigenvalue weighted by molar-refractivity contribution is 0.256. The fraction of sp³-hybridized carbons (Fsp3) is 0.208. The first kappa shape index (κ1) is 20.5. The maximum absolute atomic E-state index is 14.1. The van der Waals surface area contributed by atoms with Crippen molar-refractivity contribution in [1.29, 1.82) is 0 Å². The van der Waals surface area contributed by atoms with Crippen molar-refractivity contribution in [2.45, 2.75) is 19.4 Å². The maximum atomic E-state index is 14.1. The van der Waals surface area contributed by atoms with Gasteiger partial charge in [-0.05, 0) is 72.1 Å². The number of pyridine rings is 1. The number of benzene rings is 2. The zero-order chi connectivity index (χ0) is 19.8. The Hall–Kier alpha value is -2.76. The Bertz CT molecular complexity index is 1160. The third-order valence-electron chi connectivity index (χ3n) is 5.74. The quantitative estimate of drug-likeness (QED) is 0.441. The van der Waals surface area contributed by atoms with Gasteiger partial charge in [-0.2, -0.15) is 0 Å². The van der Waals surface area contributed by atoms with Crippen LogP contribution in [0.1, 0.15) is 16.8 Å². The highest BCUT2D eigenvalue weighted by atomic mass is 35.5. The van der Waals surface area contributed by atoms with E-state index in [9.17, 15) is 8.78 Å². The second-order valence-corrected chi connectivity index (χ2v) is 7.53. The smallest absolute Gasteiger partial charge is 0.123 e. The van der Waals surface area contributed by atoms with Gasteiger partial charge in [-0.3, -0.25) is 9.88 Å². The van der Waals surface area contributed by atoms with Crippen LogP contribution in [0.2, 0.25) is 0 Å². The topological polar surface area (TPSA) is 21.1 Å². The van der Waals surface area contributed by atoms with Crippen molar-refractivity contribution in [3.8, 4) is 5.69 Å². The van der Waals surface area contributed by atoms with Gasteiger partial charge < -0.3 is 4.57 Å². The van der Waals surface area contributed by atoms with Gasteiger partial charge in [0, 0.05) is 55.2 Å². The molecule has 2 aromatic heterocycles. The molecular weight excluding hydrogens is 404 g/mol. The van der Waals surface area contributed by atoms with Crippen LogP contribution >= 0.6 is 12.4 Å². The zero-order valence-electron chi connectivity index (χ0n) is 16.4. The predicted octanol–water partition coefficient (Wildman–Crippen LogP) is 5.33. The highest BCUT2D eigenvalue weighted by Crippen LogP contribution is 2.34. The van der Waals surface area contributed by atoms with Gasteiger partial charge in [0.25, 0.3) is 0 Å². The molecule has 6 heteroatoms. The Morgan fingerprint density at radius 1 is 0.900 bits per heavy atom. The van der Waals surface area contributed by atoms with Crippen molar-refractivity contribution in [1.82, 2.24) is 14.5 Å². The summed E-state index contributed by atoms with van der Waals surface area (Å²) in [4.78, 5) is 6.49. The third kappa shape index (κ3) is 3.83. The van der Waals surface area contributed by atoms with Gasteiger partial charge in [-0.25, -0.2) is 8.78 Å². The number of aromatic nitrogens is 2. The molecule has 5 rings (SSSR count). The molecule has 0 aliphatic carbocycles. The molecule has 4 aromatic rings. The van der Waals surface area contributed by atoms with E-state index in [1.807, 2.05) is 30.6 Å². The summed E-state index contributed by atoms with van der Waals surface area (Å²) in [6.45, 7) is 2.68. The number of rotatable bonds is 4. The molecule has 30 heavy (non-hydrogen) atoms. The van der Waals surface area contributed by atoms with Gasteiger partial charge in [0.15, 0.2) is 0 Å². The van der Waals surface area contributed by atoms with E-state index in [1.54, 1.807) is 18.2 Å². The Morgan fingerprint density at radius 2 is 1.63 bits per heavy atom. The summed E-state index contributed by atoms with van der Waals surface area (Å²) in [5, 5.41) is 0.943. The molecule has 0 N–H and O–H groups in total. The largest absolute Gasteiger partial charge is 0.313 e. The van der Waals surface area contributed by atoms with E-state index in [0.717, 1.165) is 49.1 Å². The Labute approximate surface area is 180 Å². The van der Waals surface area contributed by atoms with Crippen LogP contribution in [0, 0.1) is 11.6 Å². The molecule has 3 nitrogen and oxygen atoms in total. The molecule has 0 bridgehead atoms. The molecule has 154 valence electrons. The van der Waals surface area contributed by atoms with Crippen molar-refractivity contribution < 1.29 is 8.78 Å². The minimum absolute atomic E-state index is 0. The van der Waals surface area contributed by atoms with Gasteiger partial charge in [0.05, 0.1) is 5.52 Å². The number of hydrogen-bond donors (Lipinski definition) is 0. The van der Waals surface area contributed by atoms with Crippen LogP contribution < -0.4 is 0 Å². The molecule has 0 saturated heterocycles. The molecule has 0 fully saturated rings. The lowest BCUT2D eigenvalue weighted by atomic mass is 10.0. The van der Waals surface area contributed by atoms with Crippen LogP contribution in [0.25, 0.3) is 16.6 Å². The highest BCUT2D eigenvalue weighted by Gasteiger charge is 2.25. The minimum Gasteiger partial charge on any atom is -0.313 e. The molecule has 0 saturated carbocycles. The average molecular weight is 426 g/mol. The van der Waals surface area contributed by atoms with Gasteiger partial charge >= 0.3 is 0 Å². The van der Waals surface area contributed by atoms with Gasteiger partial charge in [0.1, 0.15) is 11.6 Å². The molecule has 0 amide bonds. The summed E-state index contributed by atoms with van der Waals surface area (Å²) >= 11 is 0. The van der Waals surface area contributed by atoms with E-state index in [4.69, 9.17) is 0 Å². The van der Waals surface area contributed by atoms with E-state index in [-0.39, 0.29) is 24.0 Å². The third-order valence-corrected chi connectivity index (χ3v) is 5.74. The molecule has 0 unspecified atom stereocenters. The summed E-state index contributed by atoms with van der Waals surface area (Å²) in [7, 11) is 0. The van der Waals surface area contributed by atoms with Crippen molar-refractivity contribution in [3.63, 3.8) is 0 Å². The van der Waals surface area contributed by atoms with Crippen LogP contribution in [-0.2, 0) is 19.4 Å². The molecule has 1 aliphatic rings. The zero-order valence-corrected chi connectivity index (χ0v) is 17.2. The molecule has 3 heterocycles. The van der Waals surface area contributed by atoms with Gasteiger partial charge in [-0.15, -0.1) is 12.4 Å². The van der Waals surface area contributed by atoms with Crippen molar-refractivity contribution in [2.24, 2.45) is 0 Å². The summed E-state index contributed by atoms with van der Waals surface area (Å²) in [6, 6.07) is 15.6. The van der Waals surface area contributed by atoms with E-state index in [2.05, 4.69) is 14.5 Å². The molecular formula is C24H22ClF2N3. The fourth-order valence-electron chi connectivity index (χ4n) is 4.30. The SMILES string of the molecule is Cl.Fc1ccc(-n2c3c(c4cc(F)ccc42)CN(CCc2ccncc2)CC3)cc1. The van der Waals surface area contributed by atoms with Crippen LogP contribution in [0.3, 0.4) is 0 Å². The van der Waals surface area contributed by atoms with Crippen molar-refractivity contribution in [2.75, 3.05) is 13.1 Å². The fourth-order valence-corrected chi connectivity index (χ4v) is 4.30. The van der Waals surface area contributed by atoms with Crippen molar-refractivity contribution in [3.05, 3.63) is 95.4 Å². The predicted molar refractivity (Wildman–Crippen MR) is 117 cm³/mol. The lowest BCUT2D eigenvalue weighted by Crippen LogP contribution is -2.32. The van der Waals surface area contributed by atoms with Crippen LogP contribution in [0.4, 0.5) is 8.78 Å². The molecule has 0 spiro atoms.